The summed E-state index contributed by atoms with van der Waals surface area (Å²) in [6, 6.07) is 22.3. The highest BCUT2D eigenvalue weighted by Crippen LogP contribution is 2.44. The number of hydrogen-bond acceptors (Lipinski definition) is 9. The molecular weight excluding hydrogens is 945 g/mol. The molecule has 0 spiro atoms. The molecule has 2 unspecified atom stereocenters. The highest BCUT2D eigenvalue weighted by Gasteiger charge is 2.36. The van der Waals surface area contributed by atoms with Crippen molar-refractivity contribution in [2.75, 3.05) is 6.61 Å². The minimum Gasteiger partial charge on any atom is -0.465 e. The van der Waals surface area contributed by atoms with Crippen molar-refractivity contribution in [2.24, 2.45) is 10.8 Å². The number of carbonyl (C=O) groups excluding carboxylic acids is 2. The van der Waals surface area contributed by atoms with Gasteiger partial charge in [0.05, 0.1) is 29.7 Å². The monoisotopic (exact) mass is 1020 g/mol. The Kier molecular flexibility index (Phi) is 18.8. The van der Waals surface area contributed by atoms with Gasteiger partial charge in [-0.15, -0.1) is 10.2 Å². The highest BCUT2D eigenvalue weighted by molar-refractivity contribution is 6.02. The van der Waals surface area contributed by atoms with Gasteiger partial charge in [-0.1, -0.05) is 201 Å². The third kappa shape index (κ3) is 14.5. The number of hydrogen-bond donors (Lipinski definition) is 1. The number of esters is 1. The maximum atomic E-state index is 14.2. The van der Waals surface area contributed by atoms with Crippen LogP contribution in [0.3, 0.4) is 0 Å². The number of aromatic nitrogens is 6. The fraction of sp³-hybridized carbons (Fsp3) is 0.323. The van der Waals surface area contributed by atoms with Gasteiger partial charge in [0.1, 0.15) is 12.2 Å². The first-order valence-corrected chi connectivity index (χ1v) is 26.3. The molecule has 0 fully saturated rings. The van der Waals surface area contributed by atoms with Gasteiger partial charge in [-0.2, -0.15) is 10.2 Å². The average Bonchev–Trinajstić information content (AvgIpc) is 4.04. The quantitative estimate of drug-likeness (QED) is 0.0459. The zero-order chi connectivity index (χ0) is 54.4. The summed E-state index contributed by atoms with van der Waals surface area (Å²) in [6.45, 7) is 24.9. The molecule has 7 rings (SSSR count). The summed E-state index contributed by atoms with van der Waals surface area (Å²) in [5.41, 5.74) is 15.1. The van der Waals surface area contributed by atoms with Crippen molar-refractivity contribution in [3.05, 3.63) is 208 Å². The first-order chi connectivity index (χ1) is 36.5. The predicted molar refractivity (Wildman–Crippen MR) is 307 cm³/mol. The number of aromatic amines is 1. The minimum absolute atomic E-state index is 0.0513. The van der Waals surface area contributed by atoms with Gasteiger partial charge in [0.25, 0.3) is 12.5 Å². The molecule has 2 atom stereocenters. The van der Waals surface area contributed by atoms with E-state index in [0.29, 0.717) is 60.9 Å². The van der Waals surface area contributed by atoms with Crippen molar-refractivity contribution in [3.8, 4) is 28.5 Å². The Morgan fingerprint density at radius 2 is 1.28 bits per heavy atom. The molecule has 2 aliphatic rings. The normalized spacial score (nSPS) is 18.9. The largest absolute Gasteiger partial charge is 0.465 e. The van der Waals surface area contributed by atoms with Gasteiger partial charge < -0.3 is 14.2 Å². The fourth-order valence-corrected chi connectivity index (χ4v) is 10.4. The van der Waals surface area contributed by atoms with Crippen LogP contribution in [0.5, 0.6) is 6.01 Å². The molecule has 0 amide bonds. The molecule has 2 aromatic heterocycles. The smallest absolute Gasteiger partial charge is 0.340 e. The topological polar surface area (TPSA) is 134 Å². The molecule has 0 saturated heterocycles. The Morgan fingerprint density at radius 3 is 1.84 bits per heavy atom. The number of ether oxygens (including phenoxy) is 3. The highest BCUT2D eigenvalue weighted by atomic mass is 16.5. The van der Waals surface area contributed by atoms with Crippen molar-refractivity contribution in [3.63, 3.8) is 0 Å². The summed E-state index contributed by atoms with van der Waals surface area (Å²) in [6.07, 6.45) is 32.3. The Balaban J connectivity index is 0.942. The molecule has 2 aliphatic carbocycles. The molecular formula is C65H74N6O5. The van der Waals surface area contributed by atoms with E-state index in [1.807, 2.05) is 54.0 Å². The van der Waals surface area contributed by atoms with E-state index in [-0.39, 0.29) is 29.0 Å². The number of nitrogens with one attached hydrogen (secondary N) is 1. The summed E-state index contributed by atoms with van der Waals surface area (Å²) in [5.74, 6) is 0.158. The molecule has 11 nitrogen and oxygen atoms in total. The standard InChI is InChI=1S/C65H74N6O5/c1-12-74-63-66-59-29-19-28-56(60(59)71(63)42-50-32-34-51(35-33-50)54-26-15-16-27-55(54)61-67-69-70-68-61)62(73)76-53-39-49(7)58(65(10,11)41-53)37-31-47(5)25-18-23-45(3)21-14-13-20-44(2)22-17-24-46(4)30-36-57-48(6)38-52(75-43-72)40-64(57,8)9/h13-37,43,52-53H,12,38-42H2,1-11H3,(H,67,68,69,70)/b14-13+,22-17+,23-18+,36-30+,37-31+,44-20+,45-21+,46-24+,47-25+. The number of H-pyrrole nitrogens is 1. The summed E-state index contributed by atoms with van der Waals surface area (Å²) in [5, 5.41) is 14.7. The van der Waals surface area contributed by atoms with Gasteiger partial charge in [0, 0.05) is 18.4 Å². The van der Waals surface area contributed by atoms with Gasteiger partial charge in [-0.3, -0.25) is 9.36 Å². The van der Waals surface area contributed by atoms with Crippen molar-refractivity contribution < 1.29 is 23.8 Å². The Hall–Kier alpha value is -7.92. The van der Waals surface area contributed by atoms with Crippen LogP contribution in [-0.2, 0) is 20.8 Å². The number of allylic oxidation sites excluding steroid dienone is 20. The van der Waals surface area contributed by atoms with E-state index >= 15 is 0 Å². The van der Waals surface area contributed by atoms with Crippen LogP contribution in [0, 0.1) is 10.8 Å². The Bertz CT molecular complexity index is 3230. The second-order valence-electron chi connectivity index (χ2n) is 21.3. The number of tetrazole rings is 1. The van der Waals surface area contributed by atoms with E-state index in [9.17, 15) is 9.59 Å². The molecule has 0 saturated carbocycles. The molecule has 0 aliphatic heterocycles. The van der Waals surface area contributed by atoms with E-state index in [2.05, 4.69) is 199 Å². The minimum atomic E-state index is -0.374. The van der Waals surface area contributed by atoms with Gasteiger partial charge in [0.15, 0.2) is 0 Å². The lowest BCUT2D eigenvalue weighted by Crippen LogP contribution is -2.32. The number of nitrogens with zero attached hydrogens (tertiary/aromatic N) is 5. The first kappa shape index (κ1) is 55.8. The van der Waals surface area contributed by atoms with E-state index in [4.69, 9.17) is 19.2 Å². The molecule has 2 heterocycles. The average molecular weight is 1020 g/mol. The number of carbonyl (C=O) groups is 2. The lowest BCUT2D eigenvalue weighted by atomic mass is 9.71. The van der Waals surface area contributed by atoms with Crippen LogP contribution in [-0.4, -0.2) is 61.4 Å². The third-order valence-corrected chi connectivity index (χ3v) is 14.1. The van der Waals surface area contributed by atoms with E-state index in [1.165, 1.54) is 22.3 Å². The zero-order valence-corrected chi connectivity index (χ0v) is 46.2. The summed E-state index contributed by atoms with van der Waals surface area (Å²) in [7, 11) is 0. The van der Waals surface area contributed by atoms with Crippen LogP contribution in [0.15, 0.2) is 196 Å². The van der Waals surface area contributed by atoms with Crippen LogP contribution in [0.2, 0.25) is 0 Å². The Labute approximate surface area is 449 Å². The van der Waals surface area contributed by atoms with Crippen molar-refractivity contribution in [1.29, 1.82) is 0 Å². The molecule has 11 heteroatoms. The Morgan fingerprint density at radius 1 is 0.711 bits per heavy atom. The van der Waals surface area contributed by atoms with Crippen LogP contribution in [0.1, 0.15) is 118 Å². The predicted octanol–water partition coefficient (Wildman–Crippen LogP) is 15.2. The molecule has 0 bridgehead atoms. The van der Waals surface area contributed by atoms with Gasteiger partial charge >= 0.3 is 5.97 Å². The molecule has 1 N–H and O–H groups in total. The third-order valence-electron chi connectivity index (χ3n) is 14.1. The summed E-state index contributed by atoms with van der Waals surface area (Å²) >= 11 is 0. The number of rotatable bonds is 20. The number of imidazole rings is 1. The second-order valence-corrected chi connectivity index (χ2v) is 21.3. The SMILES string of the molecule is CCOc1nc2cccc(C(=O)OC3CC(C)=C(/C=C/C(C)=C/C=C/C(C)=C/C=C/C=C(C)/C=C/C=C(C)/C=C/C4=C(C)CC(OC=O)CC4(C)C)C(C)(C)C3)c2n1Cc1ccc(-c2ccccc2-c2nn[nH]n2)cc1. The summed E-state index contributed by atoms with van der Waals surface area (Å²) in [4.78, 5) is 30.0. The molecule has 3 aromatic carbocycles. The van der Waals surface area contributed by atoms with Crippen molar-refractivity contribution in [2.45, 2.75) is 121 Å². The van der Waals surface area contributed by atoms with Crippen LogP contribution >= 0.6 is 0 Å². The molecule has 5 aromatic rings. The molecule has 394 valence electrons. The van der Waals surface area contributed by atoms with Gasteiger partial charge in [-0.25, -0.2) is 4.79 Å². The maximum Gasteiger partial charge on any atom is 0.340 e. The van der Waals surface area contributed by atoms with Crippen LogP contribution in [0.25, 0.3) is 33.5 Å². The van der Waals surface area contributed by atoms with Crippen LogP contribution in [0.4, 0.5) is 0 Å². The van der Waals surface area contributed by atoms with Gasteiger partial charge in [-0.05, 0) is 117 Å². The number of para-hydroxylation sites is 1. The lowest BCUT2D eigenvalue weighted by Gasteiger charge is -2.37. The van der Waals surface area contributed by atoms with E-state index < -0.39 is 0 Å². The summed E-state index contributed by atoms with van der Waals surface area (Å²) < 4.78 is 19.7. The number of benzene rings is 3. The lowest BCUT2D eigenvalue weighted by molar-refractivity contribution is -0.134. The van der Waals surface area contributed by atoms with Crippen molar-refractivity contribution >= 4 is 23.5 Å². The number of fused-ring (bicyclic) bond motifs is 1. The molecule has 0 radical (unpaired) electrons. The van der Waals surface area contributed by atoms with Gasteiger partial charge in [0.2, 0.25) is 5.82 Å². The fourth-order valence-electron chi connectivity index (χ4n) is 10.4. The second kappa shape index (κ2) is 25.5. The van der Waals surface area contributed by atoms with Crippen molar-refractivity contribution in [1.82, 2.24) is 30.2 Å². The van der Waals surface area contributed by atoms with Crippen LogP contribution < -0.4 is 4.74 Å². The first-order valence-electron chi connectivity index (χ1n) is 26.3. The molecule has 76 heavy (non-hydrogen) atoms. The zero-order valence-electron chi connectivity index (χ0n) is 46.2. The van der Waals surface area contributed by atoms with E-state index in [0.717, 1.165) is 57.4 Å². The maximum absolute atomic E-state index is 14.2. The van der Waals surface area contributed by atoms with E-state index in [1.54, 1.807) is 0 Å².